The van der Waals surface area contributed by atoms with Gasteiger partial charge in [-0.1, -0.05) is 140 Å². The standard InChI is InChI=1S/C47H29N5/c1-3-14-31(15-4-1)45-49-46(32-16-5-2-6-17-32)51-47(50-45)37-20-11-21-38-42(37)36-25-24-33(28-39(36)48-38)52-40-26-22-29-12-7-9-18-34(29)43(40)44-35-19-10-8-13-30(35)23-27-41(44)52/h1-28,48H. The van der Waals surface area contributed by atoms with Crippen molar-refractivity contribution in [2.24, 2.45) is 0 Å². The van der Waals surface area contributed by atoms with Crippen LogP contribution in [0, 0.1) is 0 Å². The van der Waals surface area contributed by atoms with Crippen molar-refractivity contribution in [3.8, 4) is 39.9 Å². The van der Waals surface area contributed by atoms with E-state index in [2.05, 4.69) is 119 Å². The molecule has 0 amide bonds. The van der Waals surface area contributed by atoms with Gasteiger partial charge in [0.2, 0.25) is 0 Å². The second-order valence-corrected chi connectivity index (χ2v) is 13.3. The predicted molar refractivity (Wildman–Crippen MR) is 215 cm³/mol. The van der Waals surface area contributed by atoms with E-state index in [0.717, 1.165) is 44.2 Å². The van der Waals surface area contributed by atoms with Crippen LogP contribution in [0.1, 0.15) is 0 Å². The predicted octanol–water partition coefficient (Wildman–Crippen LogP) is 11.9. The summed E-state index contributed by atoms with van der Waals surface area (Å²) in [4.78, 5) is 18.8. The average molecular weight is 664 g/mol. The summed E-state index contributed by atoms with van der Waals surface area (Å²) in [7, 11) is 0. The zero-order valence-corrected chi connectivity index (χ0v) is 28.0. The van der Waals surface area contributed by atoms with Crippen molar-refractivity contribution in [2.75, 3.05) is 0 Å². The summed E-state index contributed by atoms with van der Waals surface area (Å²) in [5.74, 6) is 1.94. The van der Waals surface area contributed by atoms with Gasteiger partial charge in [0.1, 0.15) is 0 Å². The molecule has 11 aromatic rings. The van der Waals surface area contributed by atoms with Crippen molar-refractivity contribution < 1.29 is 0 Å². The van der Waals surface area contributed by atoms with Crippen LogP contribution in [0.15, 0.2) is 170 Å². The lowest BCUT2D eigenvalue weighted by molar-refractivity contribution is 1.08. The molecule has 242 valence electrons. The Morgan fingerprint density at radius 3 is 1.56 bits per heavy atom. The number of rotatable bonds is 4. The molecule has 0 saturated heterocycles. The maximum atomic E-state index is 5.07. The van der Waals surface area contributed by atoms with Gasteiger partial charge in [-0.2, -0.15) is 0 Å². The van der Waals surface area contributed by atoms with E-state index in [-0.39, 0.29) is 0 Å². The Hall–Kier alpha value is -7.11. The number of H-pyrrole nitrogens is 1. The summed E-state index contributed by atoms with van der Waals surface area (Å²) >= 11 is 0. The third kappa shape index (κ3) is 4.33. The van der Waals surface area contributed by atoms with Gasteiger partial charge in [0.15, 0.2) is 17.5 Å². The Bertz CT molecular complexity index is 3030. The molecular weight excluding hydrogens is 635 g/mol. The number of hydrogen-bond donors (Lipinski definition) is 1. The highest BCUT2D eigenvalue weighted by atomic mass is 15.0. The minimum absolute atomic E-state index is 0.643. The first-order valence-electron chi connectivity index (χ1n) is 17.5. The van der Waals surface area contributed by atoms with Crippen molar-refractivity contribution in [2.45, 2.75) is 0 Å². The molecule has 3 heterocycles. The number of nitrogens with one attached hydrogen (secondary N) is 1. The topological polar surface area (TPSA) is 59.4 Å². The minimum atomic E-state index is 0.643. The van der Waals surface area contributed by atoms with Gasteiger partial charge in [-0.25, -0.2) is 15.0 Å². The van der Waals surface area contributed by atoms with Crippen LogP contribution in [0.4, 0.5) is 0 Å². The highest BCUT2D eigenvalue weighted by Crippen LogP contribution is 2.42. The Balaban J connectivity index is 1.15. The van der Waals surface area contributed by atoms with E-state index in [1.54, 1.807) is 0 Å². The summed E-state index contributed by atoms with van der Waals surface area (Å²) in [6.07, 6.45) is 0. The first-order valence-corrected chi connectivity index (χ1v) is 17.5. The van der Waals surface area contributed by atoms with E-state index in [1.807, 2.05) is 60.7 Å². The van der Waals surface area contributed by atoms with Gasteiger partial charge in [0.25, 0.3) is 0 Å². The molecule has 8 aromatic carbocycles. The van der Waals surface area contributed by atoms with Gasteiger partial charge in [-0.05, 0) is 51.9 Å². The third-order valence-corrected chi connectivity index (χ3v) is 10.4. The smallest absolute Gasteiger partial charge is 0.164 e. The van der Waals surface area contributed by atoms with E-state index in [4.69, 9.17) is 15.0 Å². The third-order valence-electron chi connectivity index (χ3n) is 10.4. The molecule has 0 unspecified atom stereocenters. The number of benzene rings is 8. The zero-order valence-electron chi connectivity index (χ0n) is 28.0. The van der Waals surface area contributed by atoms with Crippen LogP contribution in [0.5, 0.6) is 0 Å². The van der Waals surface area contributed by atoms with Crippen LogP contribution in [0.25, 0.3) is 105 Å². The fraction of sp³-hybridized carbons (Fsp3) is 0. The highest BCUT2D eigenvalue weighted by molar-refractivity contribution is 6.28. The Labute approximate surface area is 298 Å². The number of aromatic nitrogens is 5. The molecule has 1 N–H and O–H groups in total. The van der Waals surface area contributed by atoms with Gasteiger partial charge < -0.3 is 9.55 Å². The molecule has 0 spiro atoms. The van der Waals surface area contributed by atoms with Gasteiger partial charge >= 0.3 is 0 Å². The van der Waals surface area contributed by atoms with Gasteiger partial charge in [-0.15, -0.1) is 0 Å². The number of fused-ring (bicyclic) bond motifs is 10. The van der Waals surface area contributed by atoms with E-state index in [9.17, 15) is 0 Å². The highest BCUT2D eigenvalue weighted by Gasteiger charge is 2.20. The molecule has 0 bridgehead atoms. The molecule has 5 nitrogen and oxygen atoms in total. The molecule has 0 fully saturated rings. The lowest BCUT2D eigenvalue weighted by atomic mass is 10.00. The van der Waals surface area contributed by atoms with E-state index >= 15 is 0 Å². The average Bonchev–Trinajstić information content (AvgIpc) is 3.77. The van der Waals surface area contributed by atoms with Crippen LogP contribution in [-0.4, -0.2) is 24.5 Å². The van der Waals surface area contributed by atoms with Crippen LogP contribution in [-0.2, 0) is 0 Å². The molecule has 52 heavy (non-hydrogen) atoms. The monoisotopic (exact) mass is 663 g/mol. The second-order valence-electron chi connectivity index (χ2n) is 13.3. The Morgan fingerprint density at radius 2 is 0.942 bits per heavy atom. The van der Waals surface area contributed by atoms with Crippen LogP contribution in [0.2, 0.25) is 0 Å². The molecule has 0 aliphatic heterocycles. The maximum absolute atomic E-state index is 5.07. The summed E-state index contributed by atoms with van der Waals surface area (Å²) in [5, 5.41) is 9.78. The van der Waals surface area contributed by atoms with E-state index in [1.165, 1.54) is 43.4 Å². The summed E-state index contributed by atoms with van der Waals surface area (Å²) < 4.78 is 2.42. The lowest BCUT2D eigenvalue weighted by Gasteiger charge is -2.10. The minimum Gasteiger partial charge on any atom is -0.354 e. The molecule has 0 radical (unpaired) electrons. The summed E-state index contributed by atoms with van der Waals surface area (Å²) in [6, 6.07) is 59.8. The molecule has 0 atom stereocenters. The molecule has 5 heteroatoms. The number of hydrogen-bond acceptors (Lipinski definition) is 3. The van der Waals surface area contributed by atoms with Gasteiger partial charge in [-0.3, -0.25) is 0 Å². The lowest BCUT2D eigenvalue weighted by Crippen LogP contribution is -2.00. The van der Waals surface area contributed by atoms with E-state index in [0.29, 0.717) is 17.5 Å². The fourth-order valence-corrected chi connectivity index (χ4v) is 8.03. The van der Waals surface area contributed by atoms with Crippen molar-refractivity contribution in [1.82, 2.24) is 24.5 Å². The summed E-state index contributed by atoms with van der Waals surface area (Å²) in [5.41, 5.74) is 8.43. The van der Waals surface area contributed by atoms with Gasteiger partial charge in [0.05, 0.1) is 11.0 Å². The normalized spacial score (nSPS) is 11.8. The molecular formula is C47H29N5. The SMILES string of the molecule is c1ccc(-c2nc(-c3ccccc3)nc(-c3cccc4[nH]c5cc(-n6c7ccc8ccccc8c7c7c8ccccc8ccc76)ccc5c34)n2)cc1. The Morgan fingerprint density at radius 1 is 0.385 bits per heavy atom. The van der Waals surface area contributed by atoms with Crippen LogP contribution in [0.3, 0.4) is 0 Å². The largest absolute Gasteiger partial charge is 0.354 e. The fourth-order valence-electron chi connectivity index (χ4n) is 8.03. The van der Waals surface area contributed by atoms with Gasteiger partial charge in [0, 0.05) is 55.0 Å². The van der Waals surface area contributed by atoms with Crippen LogP contribution < -0.4 is 0 Å². The van der Waals surface area contributed by atoms with Crippen molar-refractivity contribution in [3.05, 3.63) is 170 Å². The quantitative estimate of drug-likeness (QED) is 0.204. The Kier molecular flexibility index (Phi) is 6.18. The summed E-state index contributed by atoms with van der Waals surface area (Å²) in [6.45, 7) is 0. The maximum Gasteiger partial charge on any atom is 0.164 e. The molecule has 0 aliphatic rings. The molecule has 0 saturated carbocycles. The first-order chi connectivity index (χ1) is 25.8. The molecule has 3 aromatic heterocycles. The van der Waals surface area contributed by atoms with Crippen molar-refractivity contribution in [3.63, 3.8) is 0 Å². The van der Waals surface area contributed by atoms with E-state index < -0.39 is 0 Å². The molecule has 0 aliphatic carbocycles. The second kappa shape index (κ2) is 11.2. The number of aromatic amines is 1. The molecule has 11 rings (SSSR count). The van der Waals surface area contributed by atoms with Crippen molar-refractivity contribution >= 4 is 65.2 Å². The van der Waals surface area contributed by atoms with Crippen molar-refractivity contribution in [1.29, 1.82) is 0 Å². The first kappa shape index (κ1) is 28.7. The zero-order chi connectivity index (χ0) is 34.2. The number of nitrogens with zero attached hydrogens (tertiary/aromatic N) is 4. The van der Waals surface area contributed by atoms with Crippen LogP contribution >= 0.6 is 0 Å².